The van der Waals surface area contributed by atoms with E-state index >= 15 is 0 Å². The predicted molar refractivity (Wildman–Crippen MR) is 93.0 cm³/mol. The van der Waals surface area contributed by atoms with Crippen LogP contribution in [0.1, 0.15) is 57.7 Å². The molecule has 1 amide bonds. The number of carbonyl (C=O) groups excluding carboxylic acids is 1. The summed E-state index contributed by atoms with van der Waals surface area (Å²) in [5.41, 5.74) is 1.20. The lowest BCUT2D eigenvalue weighted by molar-refractivity contribution is -0.137. The first-order valence-corrected chi connectivity index (χ1v) is 8.53. The summed E-state index contributed by atoms with van der Waals surface area (Å²) < 4.78 is 1.74. The molecular weight excluding hydrogens is 286 g/mol. The van der Waals surface area contributed by atoms with Crippen molar-refractivity contribution in [3.8, 4) is 0 Å². The molecule has 0 saturated heterocycles. The lowest BCUT2D eigenvalue weighted by Crippen LogP contribution is -2.39. The molecule has 2 unspecified atom stereocenters. The summed E-state index contributed by atoms with van der Waals surface area (Å²) >= 11 is 0. The molecule has 4 heteroatoms. The zero-order valence-corrected chi connectivity index (χ0v) is 14.4. The van der Waals surface area contributed by atoms with E-state index in [4.69, 9.17) is 0 Å². The zero-order valence-electron chi connectivity index (χ0n) is 14.4. The van der Waals surface area contributed by atoms with E-state index in [1.807, 2.05) is 42.3 Å². The zero-order chi connectivity index (χ0) is 16.7. The first kappa shape index (κ1) is 17.3. The number of aromatic nitrogens is 2. The van der Waals surface area contributed by atoms with Gasteiger partial charge in [-0.2, -0.15) is 5.10 Å². The number of hydrogen-bond donors (Lipinski definition) is 0. The van der Waals surface area contributed by atoms with Crippen LogP contribution >= 0.6 is 0 Å². The molecule has 2 aromatic rings. The highest BCUT2D eigenvalue weighted by Gasteiger charge is 2.28. The highest BCUT2D eigenvalue weighted by Crippen LogP contribution is 2.27. The highest BCUT2D eigenvalue weighted by atomic mass is 16.2. The fourth-order valence-electron chi connectivity index (χ4n) is 2.92. The number of nitrogens with zero attached hydrogens (tertiary/aromatic N) is 3. The lowest BCUT2D eigenvalue weighted by Gasteiger charge is -2.33. The maximum Gasteiger partial charge on any atom is 0.247 e. The average Bonchev–Trinajstić information content (AvgIpc) is 3.12. The van der Waals surface area contributed by atoms with E-state index in [-0.39, 0.29) is 18.0 Å². The summed E-state index contributed by atoms with van der Waals surface area (Å²) in [6, 6.07) is 12.0. The molecule has 0 bridgehead atoms. The number of hydrogen-bond acceptors (Lipinski definition) is 2. The minimum absolute atomic E-state index is 0.119. The summed E-state index contributed by atoms with van der Waals surface area (Å²) in [4.78, 5) is 15.1. The second-order valence-corrected chi connectivity index (χ2v) is 5.88. The van der Waals surface area contributed by atoms with Crippen LogP contribution in [0.5, 0.6) is 0 Å². The van der Waals surface area contributed by atoms with Crippen LogP contribution in [0.2, 0.25) is 0 Å². The Kier molecular flexibility index (Phi) is 6.39. The number of amides is 1. The van der Waals surface area contributed by atoms with Gasteiger partial charge in [-0.25, -0.2) is 0 Å². The van der Waals surface area contributed by atoms with Crippen molar-refractivity contribution in [1.82, 2.24) is 14.7 Å². The van der Waals surface area contributed by atoms with E-state index in [2.05, 4.69) is 31.1 Å². The largest absolute Gasteiger partial charge is 0.334 e. The fourth-order valence-corrected chi connectivity index (χ4v) is 2.92. The molecule has 1 aromatic heterocycles. The topological polar surface area (TPSA) is 38.1 Å². The molecule has 4 nitrogen and oxygen atoms in total. The van der Waals surface area contributed by atoms with Gasteiger partial charge in [-0.3, -0.25) is 9.48 Å². The van der Waals surface area contributed by atoms with Crippen molar-refractivity contribution >= 4 is 5.91 Å². The van der Waals surface area contributed by atoms with Crippen LogP contribution in [0.25, 0.3) is 0 Å². The molecule has 23 heavy (non-hydrogen) atoms. The normalized spacial score (nSPS) is 13.5. The van der Waals surface area contributed by atoms with Crippen molar-refractivity contribution in [2.45, 2.75) is 52.1 Å². The van der Waals surface area contributed by atoms with Gasteiger partial charge in [-0.15, -0.1) is 0 Å². The standard InChI is InChI=1S/C19H27N3O/c1-4-6-14-21(18(5-2)17-11-8-7-9-12-17)19(23)16(3)22-15-10-13-20-22/h7-13,15-16,18H,4-6,14H2,1-3H3. The summed E-state index contributed by atoms with van der Waals surface area (Å²) in [5.74, 6) is 0.137. The van der Waals surface area contributed by atoms with Gasteiger partial charge in [-0.1, -0.05) is 50.6 Å². The Balaban J connectivity index is 2.25. The highest BCUT2D eigenvalue weighted by molar-refractivity contribution is 5.80. The van der Waals surface area contributed by atoms with Gasteiger partial charge >= 0.3 is 0 Å². The van der Waals surface area contributed by atoms with Crippen molar-refractivity contribution in [2.75, 3.05) is 6.54 Å². The summed E-state index contributed by atoms with van der Waals surface area (Å²) in [6.07, 6.45) is 6.57. The van der Waals surface area contributed by atoms with Gasteiger partial charge in [0.05, 0.1) is 6.04 Å². The fraction of sp³-hybridized carbons (Fsp3) is 0.474. The molecule has 0 aliphatic heterocycles. The van der Waals surface area contributed by atoms with E-state index in [0.29, 0.717) is 0 Å². The van der Waals surface area contributed by atoms with Gasteiger partial charge in [0.15, 0.2) is 0 Å². The predicted octanol–water partition coefficient (Wildman–Crippen LogP) is 4.22. The van der Waals surface area contributed by atoms with Crippen LogP contribution < -0.4 is 0 Å². The molecule has 0 aliphatic carbocycles. The Morgan fingerprint density at radius 2 is 1.96 bits per heavy atom. The quantitative estimate of drug-likeness (QED) is 0.731. The molecule has 0 saturated carbocycles. The third-order valence-electron chi connectivity index (χ3n) is 4.26. The Labute approximate surface area is 139 Å². The number of rotatable bonds is 8. The molecule has 1 aromatic carbocycles. The van der Waals surface area contributed by atoms with Crippen LogP contribution in [0, 0.1) is 0 Å². The van der Waals surface area contributed by atoms with Crippen LogP contribution in [-0.2, 0) is 4.79 Å². The first-order valence-electron chi connectivity index (χ1n) is 8.53. The molecule has 1 heterocycles. The van der Waals surface area contributed by atoms with E-state index in [1.165, 1.54) is 5.56 Å². The maximum absolute atomic E-state index is 13.1. The van der Waals surface area contributed by atoms with Crippen molar-refractivity contribution in [3.05, 3.63) is 54.4 Å². The number of unbranched alkanes of at least 4 members (excludes halogenated alkanes) is 1. The smallest absolute Gasteiger partial charge is 0.247 e. The Hall–Kier alpha value is -2.10. The van der Waals surface area contributed by atoms with Crippen LogP contribution in [0.15, 0.2) is 48.8 Å². The Morgan fingerprint density at radius 3 is 2.52 bits per heavy atom. The van der Waals surface area contributed by atoms with E-state index in [1.54, 1.807) is 10.9 Å². The van der Waals surface area contributed by atoms with Crippen molar-refractivity contribution in [1.29, 1.82) is 0 Å². The van der Waals surface area contributed by atoms with Crippen LogP contribution in [-0.4, -0.2) is 27.1 Å². The van der Waals surface area contributed by atoms with Crippen molar-refractivity contribution in [2.24, 2.45) is 0 Å². The third kappa shape index (κ3) is 4.21. The molecule has 0 radical (unpaired) electrons. The van der Waals surface area contributed by atoms with Gasteiger partial charge in [0.2, 0.25) is 5.91 Å². The molecule has 0 N–H and O–H groups in total. The van der Waals surface area contributed by atoms with Crippen LogP contribution in [0.3, 0.4) is 0 Å². The second kappa shape index (κ2) is 8.51. The van der Waals surface area contributed by atoms with E-state index < -0.39 is 0 Å². The van der Waals surface area contributed by atoms with Gasteiger partial charge in [-0.05, 0) is 31.4 Å². The number of benzene rings is 1. The van der Waals surface area contributed by atoms with Gasteiger partial charge in [0.25, 0.3) is 0 Å². The Bertz CT molecular complexity index is 580. The summed E-state index contributed by atoms with van der Waals surface area (Å²) in [7, 11) is 0. The molecule has 0 aliphatic rings. The lowest BCUT2D eigenvalue weighted by atomic mass is 10.0. The maximum atomic E-state index is 13.1. The minimum Gasteiger partial charge on any atom is -0.334 e. The van der Waals surface area contributed by atoms with E-state index in [0.717, 1.165) is 25.8 Å². The SMILES string of the molecule is CCCCN(C(=O)C(C)n1cccn1)C(CC)c1ccccc1. The van der Waals surface area contributed by atoms with Gasteiger partial charge < -0.3 is 4.90 Å². The first-order chi connectivity index (χ1) is 11.2. The second-order valence-electron chi connectivity index (χ2n) is 5.88. The molecule has 0 fully saturated rings. The minimum atomic E-state index is -0.278. The molecular formula is C19H27N3O. The average molecular weight is 313 g/mol. The summed E-state index contributed by atoms with van der Waals surface area (Å²) in [6.45, 7) is 7.01. The molecule has 2 atom stereocenters. The van der Waals surface area contributed by atoms with Crippen molar-refractivity contribution in [3.63, 3.8) is 0 Å². The number of carbonyl (C=O) groups is 1. The Morgan fingerprint density at radius 1 is 1.22 bits per heavy atom. The molecule has 124 valence electrons. The van der Waals surface area contributed by atoms with Gasteiger partial charge in [0.1, 0.15) is 6.04 Å². The molecule has 2 rings (SSSR count). The monoisotopic (exact) mass is 313 g/mol. The van der Waals surface area contributed by atoms with E-state index in [9.17, 15) is 4.79 Å². The van der Waals surface area contributed by atoms with Gasteiger partial charge in [0, 0.05) is 18.9 Å². The molecule has 0 spiro atoms. The third-order valence-corrected chi connectivity index (χ3v) is 4.26. The van der Waals surface area contributed by atoms with Crippen molar-refractivity contribution < 1.29 is 4.79 Å². The van der Waals surface area contributed by atoms with Crippen LogP contribution in [0.4, 0.5) is 0 Å². The summed E-state index contributed by atoms with van der Waals surface area (Å²) in [5, 5.41) is 4.23.